The number of aryl methyl sites for hydroxylation is 1. The maximum Gasteiger partial charge on any atom is 0.158 e. The van der Waals surface area contributed by atoms with Crippen LogP contribution < -0.4 is 5.32 Å². The van der Waals surface area contributed by atoms with Crippen LogP contribution in [-0.4, -0.2) is 16.6 Å². The molecule has 2 rings (SSSR count). The van der Waals surface area contributed by atoms with E-state index >= 15 is 0 Å². The van der Waals surface area contributed by atoms with E-state index in [-0.39, 0.29) is 0 Å². The Labute approximate surface area is 128 Å². The zero-order valence-electron chi connectivity index (χ0n) is 11.3. The fourth-order valence-electron chi connectivity index (χ4n) is 1.66. The Hall–Kier alpha value is -1.36. The van der Waals surface area contributed by atoms with Gasteiger partial charge in [-0.3, -0.25) is 0 Å². The van der Waals surface area contributed by atoms with Crippen LogP contribution in [0.5, 0.6) is 0 Å². The number of aromatic nitrogens is 2. The van der Waals surface area contributed by atoms with Gasteiger partial charge in [-0.25, -0.2) is 9.97 Å². The summed E-state index contributed by atoms with van der Waals surface area (Å²) in [6, 6.07) is 7.38. The van der Waals surface area contributed by atoms with E-state index < -0.39 is 0 Å². The first kappa shape index (κ1) is 15.0. The van der Waals surface area contributed by atoms with E-state index in [0.29, 0.717) is 35.0 Å². The van der Waals surface area contributed by atoms with Gasteiger partial charge >= 0.3 is 0 Å². The summed E-state index contributed by atoms with van der Waals surface area (Å²) in [6.07, 6.45) is 0. The molecule has 0 aliphatic rings. The Morgan fingerprint density at radius 2 is 2.00 bits per heavy atom. The van der Waals surface area contributed by atoms with E-state index in [2.05, 4.69) is 15.3 Å². The van der Waals surface area contributed by atoms with Gasteiger partial charge in [0, 0.05) is 12.7 Å². The van der Waals surface area contributed by atoms with Crippen molar-refractivity contribution in [2.75, 3.05) is 11.9 Å². The van der Waals surface area contributed by atoms with Crippen LogP contribution in [0.15, 0.2) is 24.3 Å². The zero-order chi connectivity index (χ0) is 14.5. The second kappa shape index (κ2) is 6.88. The Kier molecular flexibility index (Phi) is 5.17. The quantitative estimate of drug-likeness (QED) is 0.833. The first-order chi connectivity index (χ1) is 9.58. The van der Waals surface area contributed by atoms with Gasteiger partial charge in [0.2, 0.25) is 0 Å². The molecule has 1 aromatic carbocycles. The van der Waals surface area contributed by atoms with Crippen molar-refractivity contribution in [3.8, 4) is 0 Å². The van der Waals surface area contributed by atoms with Crippen molar-refractivity contribution < 1.29 is 4.74 Å². The highest BCUT2D eigenvalue weighted by Crippen LogP contribution is 2.26. The van der Waals surface area contributed by atoms with E-state index in [1.54, 1.807) is 6.07 Å². The number of nitrogens with one attached hydrogen (secondary N) is 1. The van der Waals surface area contributed by atoms with Gasteiger partial charge in [-0.2, -0.15) is 0 Å². The summed E-state index contributed by atoms with van der Waals surface area (Å²) in [5.41, 5.74) is 1.88. The summed E-state index contributed by atoms with van der Waals surface area (Å²) < 4.78 is 5.29. The van der Waals surface area contributed by atoms with Crippen molar-refractivity contribution in [2.24, 2.45) is 0 Å². The van der Waals surface area contributed by atoms with E-state index in [1.807, 2.05) is 32.0 Å². The van der Waals surface area contributed by atoms with E-state index in [0.717, 1.165) is 11.3 Å². The minimum atomic E-state index is 0.327. The molecule has 4 nitrogen and oxygen atoms in total. The van der Waals surface area contributed by atoms with Gasteiger partial charge in [0.05, 0.1) is 10.7 Å². The molecule has 1 heterocycles. The molecule has 0 atom stereocenters. The highest BCUT2D eigenvalue weighted by atomic mass is 35.5. The Morgan fingerprint density at radius 3 is 2.75 bits per heavy atom. The minimum Gasteiger partial charge on any atom is -0.374 e. The van der Waals surface area contributed by atoms with Crippen LogP contribution >= 0.6 is 23.2 Å². The third kappa shape index (κ3) is 4.07. The molecule has 0 saturated heterocycles. The van der Waals surface area contributed by atoms with E-state index in [4.69, 9.17) is 27.9 Å². The van der Waals surface area contributed by atoms with Crippen LogP contribution in [0.3, 0.4) is 0 Å². The lowest BCUT2D eigenvalue weighted by Gasteiger charge is -2.10. The number of anilines is 2. The van der Waals surface area contributed by atoms with Crippen molar-refractivity contribution in [3.05, 3.63) is 45.8 Å². The van der Waals surface area contributed by atoms with E-state index in [9.17, 15) is 0 Å². The molecule has 0 unspecified atom stereocenters. The third-order valence-corrected chi connectivity index (χ3v) is 3.08. The highest BCUT2D eigenvalue weighted by molar-refractivity contribution is 6.33. The Morgan fingerprint density at radius 1 is 1.20 bits per heavy atom. The predicted molar refractivity (Wildman–Crippen MR) is 81.8 cm³/mol. The molecule has 0 bridgehead atoms. The van der Waals surface area contributed by atoms with Crippen molar-refractivity contribution in [3.63, 3.8) is 0 Å². The van der Waals surface area contributed by atoms with Crippen LogP contribution in [0, 0.1) is 6.92 Å². The first-order valence-electron chi connectivity index (χ1n) is 6.23. The summed E-state index contributed by atoms with van der Waals surface area (Å²) >= 11 is 12.1. The normalized spacial score (nSPS) is 10.6. The lowest BCUT2D eigenvalue weighted by atomic mass is 10.2. The molecule has 0 spiro atoms. The Bertz CT molecular complexity index is 605. The molecule has 0 radical (unpaired) electrons. The summed E-state index contributed by atoms with van der Waals surface area (Å²) in [4.78, 5) is 8.46. The standard InChI is InChI=1S/C14H15Cl2N3O/c1-3-20-8-14-18-12(16)7-13(19-14)17-11-6-9(2)4-5-10(11)15/h4-7H,3,8H2,1-2H3,(H,17,18,19). The van der Waals surface area contributed by atoms with Gasteiger partial charge in [0.25, 0.3) is 0 Å². The third-order valence-electron chi connectivity index (χ3n) is 2.56. The smallest absolute Gasteiger partial charge is 0.158 e. The molecule has 0 saturated carbocycles. The second-order valence-electron chi connectivity index (χ2n) is 4.24. The van der Waals surface area contributed by atoms with Gasteiger partial charge in [-0.05, 0) is 31.5 Å². The summed E-state index contributed by atoms with van der Waals surface area (Å²) in [5.74, 6) is 1.12. The van der Waals surface area contributed by atoms with Crippen molar-refractivity contribution in [2.45, 2.75) is 20.5 Å². The van der Waals surface area contributed by atoms with Crippen LogP contribution in [0.4, 0.5) is 11.5 Å². The topological polar surface area (TPSA) is 47.0 Å². The number of nitrogens with zero attached hydrogens (tertiary/aromatic N) is 2. The SMILES string of the molecule is CCOCc1nc(Cl)cc(Nc2cc(C)ccc2Cl)n1. The molecule has 0 aliphatic carbocycles. The molecule has 1 N–H and O–H groups in total. The number of rotatable bonds is 5. The van der Waals surface area contributed by atoms with Gasteiger partial charge in [0.1, 0.15) is 17.6 Å². The number of benzene rings is 1. The second-order valence-corrected chi connectivity index (χ2v) is 5.03. The minimum absolute atomic E-state index is 0.327. The van der Waals surface area contributed by atoms with Crippen LogP contribution in [0.25, 0.3) is 0 Å². The highest BCUT2D eigenvalue weighted by Gasteiger charge is 2.06. The maximum absolute atomic E-state index is 6.15. The number of hydrogen-bond acceptors (Lipinski definition) is 4. The Balaban J connectivity index is 2.24. The zero-order valence-corrected chi connectivity index (χ0v) is 12.8. The van der Waals surface area contributed by atoms with Crippen LogP contribution in [0.2, 0.25) is 10.2 Å². The fraction of sp³-hybridized carbons (Fsp3) is 0.286. The maximum atomic E-state index is 6.15. The van der Waals surface area contributed by atoms with Crippen molar-refractivity contribution in [1.29, 1.82) is 0 Å². The molecule has 1 aromatic heterocycles. The van der Waals surface area contributed by atoms with Crippen molar-refractivity contribution in [1.82, 2.24) is 9.97 Å². The fourth-order valence-corrected chi connectivity index (χ4v) is 2.03. The molecule has 0 amide bonds. The van der Waals surface area contributed by atoms with Gasteiger partial charge < -0.3 is 10.1 Å². The van der Waals surface area contributed by atoms with Gasteiger partial charge in [0.15, 0.2) is 5.82 Å². The summed E-state index contributed by atoms with van der Waals surface area (Å²) in [5, 5.41) is 4.13. The molecular formula is C14H15Cl2N3O. The largest absolute Gasteiger partial charge is 0.374 e. The van der Waals surface area contributed by atoms with Gasteiger partial charge in [-0.1, -0.05) is 29.3 Å². The lowest BCUT2D eigenvalue weighted by Crippen LogP contribution is -2.03. The number of halogens is 2. The van der Waals surface area contributed by atoms with Crippen molar-refractivity contribution >= 4 is 34.7 Å². The van der Waals surface area contributed by atoms with Crippen LogP contribution in [-0.2, 0) is 11.3 Å². The molecule has 20 heavy (non-hydrogen) atoms. The summed E-state index contributed by atoms with van der Waals surface area (Å²) in [7, 11) is 0. The van der Waals surface area contributed by atoms with E-state index in [1.165, 1.54) is 0 Å². The molecule has 0 aliphatic heterocycles. The molecule has 2 aromatic rings. The number of hydrogen-bond donors (Lipinski definition) is 1. The van der Waals surface area contributed by atoms with Crippen LogP contribution in [0.1, 0.15) is 18.3 Å². The lowest BCUT2D eigenvalue weighted by molar-refractivity contribution is 0.128. The first-order valence-corrected chi connectivity index (χ1v) is 6.98. The average Bonchev–Trinajstić information content (AvgIpc) is 2.40. The molecule has 106 valence electrons. The monoisotopic (exact) mass is 311 g/mol. The average molecular weight is 312 g/mol. The number of ether oxygens (including phenoxy) is 1. The van der Waals surface area contributed by atoms with Gasteiger partial charge in [-0.15, -0.1) is 0 Å². The predicted octanol–water partition coefficient (Wildman–Crippen LogP) is 4.37. The summed E-state index contributed by atoms with van der Waals surface area (Å²) in [6.45, 7) is 4.83. The molecule has 0 fully saturated rings. The molecule has 6 heteroatoms. The molecular weight excluding hydrogens is 297 g/mol.